The minimum absolute atomic E-state index is 0.00537. The van der Waals surface area contributed by atoms with Gasteiger partial charge in [-0.3, -0.25) is 5.10 Å². The lowest BCUT2D eigenvalue weighted by molar-refractivity contribution is 0.233. The second-order valence-corrected chi connectivity index (χ2v) is 4.83. The van der Waals surface area contributed by atoms with Crippen LogP contribution in [0.4, 0.5) is 5.69 Å². The number of ether oxygens (including phenoxy) is 1. The van der Waals surface area contributed by atoms with Crippen molar-refractivity contribution in [3.8, 4) is 5.88 Å². The first-order valence-electron chi connectivity index (χ1n) is 5.40. The Balaban J connectivity index is 2.23. The van der Waals surface area contributed by atoms with Crippen LogP contribution >= 0.6 is 11.8 Å². The molecule has 0 radical (unpaired) electrons. The molecule has 0 aliphatic carbocycles. The minimum Gasteiger partial charge on any atom is -0.473 e. The topological polar surface area (TPSA) is 103 Å². The van der Waals surface area contributed by atoms with E-state index in [2.05, 4.69) is 25.1 Å². The number of hydrogen-bond acceptors (Lipinski definition) is 7. The van der Waals surface area contributed by atoms with Crippen molar-refractivity contribution < 1.29 is 4.74 Å². The summed E-state index contributed by atoms with van der Waals surface area (Å²) in [6, 6.07) is 0. The summed E-state index contributed by atoms with van der Waals surface area (Å²) in [5.41, 5.74) is 6.35. The van der Waals surface area contributed by atoms with E-state index in [0.29, 0.717) is 21.7 Å². The molecule has 0 bridgehead atoms. The van der Waals surface area contributed by atoms with Crippen LogP contribution in [0.2, 0.25) is 0 Å². The quantitative estimate of drug-likeness (QED) is 0.807. The molecule has 0 spiro atoms. The summed E-state index contributed by atoms with van der Waals surface area (Å²) in [5.74, 6) is 1.12. The molecule has 0 aliphatic heterocycles. The van der Waals surface area contributed by atoms with Crippen LogP contribution in [0.15, 0.2) is 16.5 Å². The van der Waals surface area contributed by atoms with Gasteiger partial charge >= 0.3 is 0 Å². The summed E-state index contributed by atoms with van der Waals surface area (Å²) < 4.78 is 5.49. The smallest absolute Gasteiger partial charge is 0.241 e. The second-order valence-electron chi connectivity index (χ2n) is 3.87. The summed E-state index contributed by atoms with van der Waals surface area (Å²) >= 11 is 1.27. The van der Waals surface area contributed by atoms with Crippen molar-refractivity contribution in [2.75, 3.05) is 5.73 Å². The Labute approximate surface area is 109 Å². The maximum absolute atomic E-state index is 5.95. The van der Waals surface area contributed by atoms with E-state index in [-0.39, 0.29) is 6.10 Å². The zero-order valence-corrected chi connectivity index (χ0v) is 11.2. The molecule has 8 heteroatoms. The normalized spacial score (nSPS) is 10.9. The molecular formula is C10H14N6OS. The largest absolute Gasteiger partial charge is 0.473 e. The Hall–Kier alpha value is -1.83. The number of nitrogens with zero attached hydrogens (tertiary/aromatic N) is 4. The first-order valence-corrected chi connectivity index (χ1v) is 6.22. The van der Waals surface area contributed by atoms with Gasteiger partial charge in [0.25, 0.3) is 0 Å². The van der Waals surface area contributed by atoms with Gasteiger partial charge in [-0.15, -0.1) is 5.10 Å². The molecule has 2 heterocycles. The molecule has 7 nitrogen and oxygen atoms in total. The van der Waals surface area contributed by atoms with Crippen molar-refractivity contribution in [2.24, 2.45) is 0 Å². The fraction of sp³-hybridized carbons (Fsp3) is 0.400. The monoisotopic (exact) mass is 266 g/mol. The molecule has 3 N–H and O–H groups in total. The van der Waals surface area contributed by atoms with E-state index in [1.165, 1.54) is 18.1 Å². The molecule has 2 aromatic heterocycles. The van der Waals surface area contributed by atoms with Gasteiger partial charge in [-0.05, 0) is 32.5 Å². The lowest BCUT2D eigenvalue weighted by atomic mass is 10.4. The number of hydrogen-bond donors (Lipinski definition) is 2. The number of nitrogen functional groups attached to an aromatic ring is 1. The molecule has 18 heavy (non-hydrogen) atoms. The molecule has 2 rings (SSSR count). The fourth-order valence-corrected chi connectivity index (χ4v) is 1.96. The third-order valence-electron chi connectivity index (χ3n) is 1.92. The Bertz CT molecular complexity index is 541. The first kappa shape index (κ1) is 12.6. The SMILES string of the molecule is Cc1nc(Sc2ncnc(OC(C)C)c2N)n[nH]1. The fourth-order valence-electron chi connectivity index (χ4n) is 1.22. The van der Waals surface area contributed by atoms with Gasteiger partial charge in [-0.1, -0.05) is 0 Å². The average Bonchev–Trinajstić information content (AvgIpc) is 2.69. The van der Waals surface area contributed by atoms with E-state index in [9.17, 15) is 0 Å². The minimum atomic E-state index is 0.00537. The molecule has 0 aromatic carbocycles. The summed E-state index contributed by atoms with van der Waals surface area (Å²) in [6.45, 7) is 5.65. The zero-order valence-electron chi connectivity index (χ0n) is 10.3. The first-order chi connectivity index (χ1) is 8.56. The highest BCUT2D eigenvalue weighted by Crippen LogP contribution is 2.32. The second kappa shape index (κ2) is 5.21. The van der Waals surface area contributed by atoms with Crippen LogP contribution in [0.5, 0.6) is 5.88 Å². The van der Waals surface area contributed by atoms with Gasteiger partial charge in [-0.2, -0.15) is 4.98 Å². The molecule has 0 saturated heterocycles. The number of aromatic amines is 1. The average molecular weight is 266 g/mol. The number of rotatable bonds is 4. The molecule has 0 saturated carbocycles. The highest BCUT2D eigenvalue weighted by atomic mass is 32.2. The van der Waals surface area contributed by atoms with Crippen molar-refractivity contribution in [1.82, 2.24) is 25.1 Å². The number of aryl methyl sites for hydroxylation is 1. The van der Waals surface area contributed by atoms with Crippen LogP contribution in [-0.4, -0.2) is 31.3 Å². The molecule has 0 amide bonds. The predicted octanol–water partition coefficient (Wildman–Crippen LogP) is 1.42. The molecule has 0 aliphatic rings. The van der Waals surface area contributed by atoms with Crippen molar-refractivity contribution in [2.45, 2.75) is 37.1 Å². The highest BCUT2D eigenvalue weighted by molar-refractivity contribution is 7.99. The van der Waals surface area contributed by atoms with E-state index >= 15 is 0 Å². The van der Waals surface area contributed by atoms with Crippen molar-refractivity contribution in [3.05, 3.63) is 12.2 Å². The van der Waals surface area contributed by atoms with Crippen molar-refractivity contribution >= 4 is 17.4 Å². The third kappa shape index (κ3) is 2.89. The lowest BCUT2D eigenvalue weighted by Crippen LogP contribution is -2.10. The van der Waals surface area contributed by atoms with E-state index < -0.39 is 0 Å². The lowest BCUT2D eigenvalue weighted by Gasteiger charge is -2.11. The Morgan fingerprint density at radius 2 is 2.17 bits per heavy atom. The molecule has 2 aromatic rings. The number of anilines is 1. The summed E-state index contributed by atoms with van der Waals surface area (Å²) in [4.78, 5) is 12.3. The highest BCUT2D eigenvalue weighted by Gasteiger charge is 2.13. The molecule has 0 atom stereocenters. The maximum Gasteiger partial charge on any atom is 0.241 e. The standard InChI is InChI=1S/C10H14N6OS/c1-5(2)17-8-7(11)9(13-4-12-8)18-10-14-6(3)15-16-10/h4-5H,11H2,1-3H3,(H,14,15,16). The van der Waals surface area contributed by atoms with Crippen LogP contribution in [0, 0.1) is 6.92 Å². The van der Waals surface area contributed by atoms with E-state index in [4.69, 9.17) is 10.5 Å². The van der Waals surface area contributed by atoms with Gasteiger partial charge in [0.15, 0.2) is 0 Å². The van der Waals surface area contributed by atoms with Crippen molar-refractivity contribution in [1.29, 1.82) is 0 Å². The van der Waals surface area contributed by atoms with E-state index in [0.717, 1.165) is 5.82 Å². The molecule has 0 unspecified atom stereocenters. The van der Waals surface area contributed by atoms with Crippen LogP contribution < -0.4 is 10.5 Å². The molecule has 96 valence electrons. The van der Waals surface area contributed by atoms with E-state index in [1.54, 1.807) is 0 Å². The van der Waals surface area contributed by atoms with Gasteiger partial charge in [0.1, 0.15) is 22.9 Å². The third-order valence-corrected chi connectivity index (χ3v) is 2.81. The maximum atomic E-state index is 5.95. The molecular weight excluding hydrogens is 252 g/mol. The number of nitrogens with two attached hydrogens (primary N) is 1. The summed E-state index contributed by atoms with van der Waals surface area (Å²) in [7, 11) is 0. The Morgan fingerprint density at radius 3 is 2.78 bits per heavy atom. The van der Waals surface area contributed by atoms with Gasteiger partial charge in [-0.25, -0.2) is 9.97 Å². The molecule has 0 fully saturated rings. The van der Waals surface area contributed by atoms with Gasteiger partial charge in [0.2, 0.25) is 11.0 Å². The number of aromatic nitrogens is 5. The number of nitrogens with one attached hydrogen (secondary N) is 1. The van der Waals surface area contributed by atoms with Gasteiger partial charge < -0.3 is 10.5 Å². The van der Waals surface area contributed by atoms with E-state index in [1.807, 2.05) is 20.8 Å². The van der Waals surface area contributed by atoms with Crippen LogP contribution in [0.25, 0.3) is 0 Å². The Kier molecular flexibility index (Phi) is 3.66. The van der Waals surface area contributed by atoms with Crippen LogP contribution in [-0.2, 0) is 0 Å². The van der Waals surface area contributed by atoms with Crippen molar-refractivity contribution in [3.63, 3.8) is 0 Å². The zero-order chi connectivity index (χ0) is 13.1. The summed E-state index contributed by atoms with van der Waals surface area (Å²) in [6.07, 6.45) is 1.42. The van der Waals surface area contributed by atoms with Gasteiger partial charge in [0, 0.05) is 0 Å². The van der Waals surface area contributed by atoms with Crippen LogP contribution in [0.3, 0.4) is 0 Å². The van der Waals surface area contributed by atoms with Gasteiger partial charge in [0.05, 0.1) is 6.10 Å². The predicted molar refractivity (Wildman–Crippen MR) is 67.5 cm³/mol. The Morgan fingerprint density at radius 1 is 1.39 bits per heavy atom. The van der Waals surface area contributed by atoms with Crippen LogP contribution in [0.1, 0.15) is 19.7 Å². The summed E-state index contributed by atoms with van der Waals surface area (Å²) in [5, 5.41) is 7.92. The number of H-pyrrole nitrogens is 1.